The average Bonchev–Trinajstić information content (AvgIpc) is 2.61. The number of hydrogen-bond acceptors (Lipinski definition) is 5. The zero-order valence-corrected chi connectivity index (χ0v) is 9.25. The molecule has 16 heavy (non-hydrogen) atoms. The smallest absolute Gasteiger partial charge is 0.307 e. The van der Waals surface area contributed by atoms with E-state index in [1.165, 1.54) is 17.8 Å². The number of ketones is 1. The summed E-state index contributed by atoms with van der Waals surface area (Å²) in [6, 6.07) is 0. The van der Waals surface area contributed by atoms with Gasteiger partial charge >= 0.3 is 5.69 Å². The third-order valence-corrected chi connectivity index (χ3v) is 1.77. The Labute approximate surface area is 92.1 Å². The first kappa shape index (κ1) is 11.9. The number of nitrogens with zero attached hydrogens (tertiary/aromatic N) is 4. The van der Waals surface area contributed by atoms with Crippen molar-refractivity contribution in [3.05, 3.63) is 28.7 Å². The molecule has 0 amide bonds. The predicted octanol–water partition coefficient (Wildman–Crippen LogP) is 0.740. The molecule has 1 aromatic rings. The van der Waals surface area contributed by atoms with Crippen LogP contribution in [0.2, 0.25) is 0 Å². The Kier molecular flexibility index (Phi) is 3.39. The van der Waals surface area contributed by atoms with E-state index >= 15 is 0 Å². The minimum Gasteiger partial charge on any atom is -0.382 e. The molecule has 0 atom stereocenters. The van der Waals surface area contributed by atoms with Gasteiger partial charge in [0.15, 0.2) is 5.78 Å². The molecule has 0 aliphatic rings. The molecule has 7 heteroatoms. The van der Waals surface area contributed by atoms with E-state index in [2.05, 4.69) is 5.10 Å². The third-order valence-electron chi connectivity index (χ3n) is 1.77. The first-order valence-corrected chi connectivity index (χ1v) is 4.50. The molecular formula is C9H12N4O3. The van der Waals surface area contributed by atoms with E-state index in [-0.39, 0.29) is 17.2 Å². The van der Waals surface area contributed by atoms with E-state index in [4.69, 9.17) is 0 Å². The Morgan fingerprint density at radius 1 is 1.62 bits per heavy atom. The molecule has 0 unspecified atom stereocenters. The first-order valence-electron chi connectivity index (χ1n) is 4.50. The van der Waals surface area contributed by atoms with Crippen LogP contribution in [0.15, 0.2) is 18.6 Å². The van der Waals surface area contributed by atoms with Gasteiger partial charge in [0.05, 0.1) is 4.92 Å². The van der Waals surface area contributed by atoms with Crippen LogP contribution in [0.25, 0.3) is 5.70 Å². The molecular weight excluding hydrogens is 212 g/mol. The number of aromatic nitrogens is 2. The molecule has 0 fully saturated rings. The zero-order valence-electron chi connectivity index (χ0n) is 9.25. The van der Waals surface area contributed by atoms with Crippen LogP contribution in [0.1, 0.15) is 6.92 Å². The van der Waals surface area contributed by atoms with Crippen LogP contribution in [0, 0.1) is 10.1 Å². The lowest BCUT2D eigenvalue weighted by Crippen LogP contribution is -2.11. The Morgan fingerprint density at radius 3 is 2.62 bits per heavy atom. The van der Waals surface area contributed by atoms with Crippen LogP contribution >= 0.6 is 0 Å². The van der Waals surface area contributed by atoms with Gasteiger partial charge in [-0.1, -0.05) is 0 Å². The maximum Gasteiger partial charge on any atom is 0.307 e. The largest absolute Gasteiger partial charge is 0.382 e. The Bertz CT molecular complexity index is 447. The lowest BCUT2D eigenvalue weighted by Gasteiger charge is -2.08. The second kappa shape index (κ2) is 4.56. The summed E-state index contributed by atoms with van der Waals surface area (Å²) in [5.74, 6) is -0.216. The maximum atomic E-state index is 11.3. The number of Topliss-reactive ketones (excluding diaryl/α,β-unsaturated/α-hetero) is 1. The van der Waals surface area contributed by atoms with Crippen molar-refractivity contribution >= 4 is 17.2 Å². The number of carbonyl (C=O) groups excluding carboxylic acids is 1. The van der Waals surface area contributed by atoms with Crippen molar-refractivity contribution in [2.24, 2.45) is 0 Å². The van der Waals surface area contributed by atoms with E-state index < -0.39 is 4.92 Å². The molecule has 0 radical (unpaired) electrons. The molecule has 0 spiro atoms. The van der Waals surface area contributed by atoms with E-state index in [1.807, 2.05) is 0 Å². The van der Waals surface area contributed by atoms with Gasteiger partial charge in [-0.15, -0.1) is 0 Å². The zero-order chi connectivity index (χ0) is 12.3. The summed E-state index contributed by atoms with van der Waals surface area (Å²) in [5.41, 5.74) is 0.129. The van der Waals surface area contributed by atoms with Crippen LogP contribution in [-0.2, 0) is 4.79 Å². The summed E-state index contributed by atoms with van der Waals surface area (Å²) in [5, 5.41) is 14.2. The van der Waals surface area contributed by atoms with Crippen molar-refractivity contribution in [1.82, 2.24) is 14.7 Å². The van der Waals surface area contributed by atoms with Gasteiger partial charge in [-0.2, -0.15) is 5.10 Å². The van der Waals surface area contributed by atoms with Crippen LogP contribution in [0.4, 0.5) is 5.69 Å². The van der Waals surface area contributed by atoms with Gasteiger partial charge in [0.1, 0.15) is 18.1 Å². The fourth-order valence-corrected chi connectivity index (χ4v) is 1.10. The Morgan fingerprint density at radius 2 is 2.25 bits per heavy atom. The normalized spacial score (nSPS) is 11.3. The van der Waals surface area contributed by atoms with Crippen molar-refractivity contribution in [3.8, 4) is 0 Å². The van der Waals surface area contributed by atoms with E-state index in [0.29, 0.717) is 0 Å². The molecule has 86 valence electrons. The standard InChI is InChI=1S/C9H12N4O3/c1-7(14)9(6-11(2)3)12-5-8(4-10-12)13(15)16/h4-6H,1-3H3. The lowest BCUT2D eigenvalue weighted by molar-refractivity contribution is -0.384. The van der Waals surface area contributed by atoms with Gasteiger partial charge in [0, 0.05) is 27.2 Å². The van der Waals surface area contributed by atoms with Crippen LogP contribution in [-0.4, -0.2) is 39.5 Å². The number of rotatable bonds is 4. The number of nitro groups is 1. The number of allylic oxidation sites excluding steroid dienone is 1. The fourth-order valence-electron chi connectivity index (χ4n) is 1.10. The number of hydrogen-bond donors (Lipinski definition) is 0. The van der Waals surface area contributed by atoms with E-state index in [1.54, 1.807) is 25.2 Å². The molecule has 0 bridgehead atoms. The van der Waals surface area contributed by atoms with Crippen molar-refractivity contribution in [3.63, 3.8) is 0 Å². The maximum absolute atomic E-state index is 11.3. The average molecular weight is 224 g/mol. The van der Waals surface area contributed by atoms with Crippen LogP contribution in [0.5, 0.6) is 0 Å². The molecule has 0 aliphatic carbocycles. The molecule has 0 saturated carbocycles. The third kappa shape index (κ3) is 2.66. The highest BCUT2D eigenvalue weighted by Crippen LogP contribution is 2.13. The fraction of sp³-hybridized carbons (Fsp3) is 0.333. The molecule has 1 rings (SSSR count). The highest BCUT2D eigenvalue weighted by molar-refractivity contribution is 6.13. The molecule has 0 aromatic carbocycles. The summed E-state index contributed by atoms with van der Waals surface area (Å²) in [6.45, 7) is 1.38. The molecule has 0 saturated heterocycles. The van der Waals surface area contributed by atoms with Crippen molar-refractivity contribution in [2.45, 2.75) is 6.92 Å². The SMILES string of the molecule is CC(=O)C(=CN(C)C)n1cc([N+](=O)[O-])cn1. The summed E-state index contributed by atoms with van der Waals surface area (Å²) in [7, 11) is 3.50. The summed E-state index contributed by atoms with van der Waals surface area (Å²) in [4.78, 5) is 22.9. The summed E-state index contributed by atoms with van der Waals surface area (Å²) >= 11 is 0. The van der Waals surface area contributed by atoms with Gasteiger partial charge in [-0.25, -0.2) is 4.68 Å². The quantitative estimate of drug-likeness (QED) is 0.428. The highest BCUT2D eigenvalue weighted by Gasteiger charge is 2.14. The molecule has 1 heterocycles. The molecule has 1 aromatic heterocycles. The number of carbonyl (C=O) groups is 1. The Balaban J connectivity index is 3.12. The summed E-state index contributed by atoms with van der Waals surface area (Å²) in [6.07, 6.45) is 3.86. The summed E-state index contributed by atoms with van der Waals surface area (Å²) < 4.78 is 1.19. The molecule has 0 aliphatic heterocycles. The second-order valence-electron chi connectivity index (χ2n) is 3.43. The minimum absolute atomic E-state index is 0.147. The molecule has 7 nitrogen and oxygen atoms in total. The van der Waals surface area contributed by atoms with Crippen LogP contribution in [0.3, 0.4) is 0 Å². The monoisotopic (exact) mass is 224 g/mol. The molecule has 0 N–H and O–H groups in total. The van der Waals surface area contributed by atoms with Crippen LogP contribution < -0.4 is 0 Å². The minimum atomic E-state index is -0.559. The topological polar surface area (TPSA) is 81.3 Å². The van der Waals surface area contributed by atoms with Gasteiger partial charge in [0.25, 0.3) is 0 Å². The van der Waals surface area contributed by atoms with Crippen molar-refractivity contribution in [2.75, 3.05) is 14.1 Å². The second-order valence-corrected chi connectivity index (χ2v) is 3.43. The van der Waals surface area contributed by atoms with Gasteiger partial charge in [0.2, 0.25) is 0 Å². The first-order chi connectivity index (χ1) is 7.41. The van der Waals surface area contributed by atoms with E-state index in [0.717, 1.165) is 6.20 Å². The lowest BCUT2D eigenvalue weighted by atomic mass is 10.3. The van der Waals surface area contributed by atoms with Gasteiger partial charge in [-0.05, 0) is 0 Å². The predicted molar refractivity (Wildman–Crippen MR) is 57.5 cm³/mol. The highest BCUT2D eigenvalue weighted by atomic mass is 16.6. The van der Waals surface area contributed by atoms with Crippen molar-refractivity contribution in [1.29, 1.82) is 0 Å². The Hall–Kier alpha value is -2.18. The van der Waals surface area contributed by atoms with Crippen molar-refractivity contribution < 1.29 is 9.72 Å². The van der Waals surface area contributed by atoms with E-state index in [9.17, 15) is 14.9 Å². The van der Waals surface area contributed by atoms with Gasteiger partial charge in [-0.3, -0.25) is 14.9 Å². The van der Waals surface area contributed by atoms with Gasteiger partial charge < -0.3 is 4.90 Å².